The van der Waals surface area contributed by atoms with Crippen LogP contribution in [0.3, 0.4) is 0 Å². The molecule has 0 radical (unpaired) electrons. The van der Waals surface area contributed by atoms with Gasteiger partial charge in [0.15, 0.2) is 6.04 Å². The minimum atomic E-state index is -0.104. The van der Waals surface area contributed by atoms with Crippen molar-refractivity contribution in [2.24, 2.45) is 0 Å². The van der Waals surface area contributed by atoms with E-state index in [0.717, 1.165) is 43.7 Å². The van der Waals surface area contributed by atoms with Gasteiger partial charge in [0.2, 0.25) is 0 Å². The molecule has 1 heterocycles. The molecule has 37 heavy (non-hydrogen) atoms. The number of hydrogen-bond donors (Lipinski definition) is 0. The van der Waals surface area contributed by atoms with Gasteiger partial charge in [-0.15, -0.1) is 0 Å². The van der Waals surface area contributed by atoms with Crippen LogP contribution in [0.5, 0.6) is 5.75 Å². The van der Waals surface area contributed by atoms with Crippen LogP contribution in [0.4, 0.5) is 0 Å². The van der Waals surface area contributed by atoms with Crippen LogP contribution >= 0.6 is 11.8 Å². The molecule has 0 fully saturated rings. The van der Waals surface area contributed by atoms with Gasteiger partial charge in [0, 0.05) is 23.6 Å². The number of benzene rings is 2. The van der Waals surface area contributed by atoms with Gasteiger partial charge >= 0.3 is 5.97 Å². The van der Waals surface area contributed by atoms with Crippen molar-refractivity contribution < 1.29 is 18.8 Å². The molecule has 0 aliphatic carbocycles. The fourth-order valence-electron chi connectivity index (χ4n) is 4.15. The SMILES string of the molecule is CC.CSCC(C(=O)OCCCCCCCn1ccc2cc(OCc3ccccc3)ccc21)[N+](C)(C)C. The molecule has 0 amide bonds. The monoisotopic (exact) mass is 527 g/mol. The normalized spacial score (nSPS) is 12.1. The molecule has 1 aromatic heterocycles. The van der Waals surface area contributed by atoms with Crippen LogP contribution in [0.2, 0.25) is 0 Å². The maximum Gasteiger partial charge on any atom is 0.365 e. The molecule has 0 saturated heterocycles. The first-order valence-corrected chi connectivity index (χ1v) is 15.0. The molecule has 0 aliphatic rings. The Morgan fingerprint density at radius 2 is 1.65 bits per heavy atom. The van der Waals surface area contributed by atoms with E-state index in [4.69, 9.17) is 9.47 Å². The Bertz CT molecular complexity index is 1040. The predicted molar refractivity (Wildman–Crippen MR) is 158 cm³/mol. The number of likely N-dealkylation sites (N-methyl/N-ethyl adjacent to an activating group) is 1. The Kier molecular flexibility index (Phi) is 13.7. The summed E-state index contributed by atoms with van der Waals surface area (Å²) in [5, 5.41) is 1.21. The first kappa shape index (κ1) is 30.8. The number of esters is 1. The van der Waals surface area contributed by atoms with Crippen LogP contribution in [-0.4, -0.2) is 60.8 Å². The second kappa shape index (κ2) is 16.4. The molecule has 6 heteroatoms. The average molecular weight is 528 g/mol. The van der Waals surface area contributed by atoms with Crippen molar-refractivity contribution in [2.45, 2.75) is 65.1 Å². The third kappa shape index (κ3) is 10.4. The molecule has 3 rings (SSSR count). The summed E-state index contributed by atoms with van der Waals surface area (Å²) in [6.45, 7) is 6.13. The number of fused-ring (bicyclic) bond motifs is 1. The third-order valence-corrected chi connectivity index (χ3v) is 6.96. The summed E-state index contributed by atoms with van der Waals surface area (Å²) >= 11 is 1.69. The lowest BCUT2D eigenvalue weighted by Gasteiger charge is -2.31. The highest BCUT2D eigenvalue weighted by atomic mass is 32.2. The highest BCUT2D eigenvalue weighted by Gasteiger charge is 2.32. The highest BCUT2D eigenvalue weighted by Crippen LogP contribution is 2.23. The summed E-state index contributed by atoms with van der Waals surface area (Å²) in [5.74, 6) is 1.62. The van der Waals surface area contributed by atoms with Gasteiger partial charge in [-0.3, -0.25) is 0 Å². The Morgan fingerprint density at radius 3 is 2.35 bits per heavy atom. The van der Waals surface area contributed by atoms with Crippen LogP contribution in [-0.2, 0) is 22.7 Å². The Labute approximate surface area is 228 Å². The molecule has 0 saturated carbocycles. The topological polar surface area (TPSA) is 40.5 Å². The lowest BCUT2D eigenvalue weighted by Crippen LogP contribution is -2.52. The highest BCUT2D eigenvalue weighted by molar-refractivity contribution is 7.98. The molecular formula is C31H47N2O3S+. The number of rotatable bonds is 15. The molecule has 0 aliphatic heterocycles. The van der Waals surface area contributed by atoms with E-state index in [-0.39, 0.29) is 12.0 Å². The zero-order valence-electron chi connectivity index (χ0n) is 23.7. The van der Waals surface area contributed by atoms with Crippen LogP contribution in [0.25, 0.3) is 10.9 Å². The molecule has 1 unspecified atom stereocenters. The Balaban J connectivity index is 0.00000235. The summed E-state index contributed by atoms with van der Waals surface area (Å²) in [6.07, 6.45) is 9.73. The number of nitrogens with zero attached hydrogens (tertiary/aromatic N) is 2. The Hall–Kier alpha value is -2.44. The van der Waals surface area contributed by atoms with Crippen LogP contribution in [0.1, 0.15) is 51.5 Å². The van der Waals surface area contributed by atoms with Crippen molar-refractivity contribution in [2.75, 3.05) is 39.8 Å². The summed E-state index contributed by atoms with van der Waals surface area (Å²) in [5.41, 5.74) is 2.42. The van der Waals surface area contributed by atoms with Crippen molar-refractivity contribution in [3.05, 3.63) is 66.4 Å². The van der Waals surface area contributed by atoms with Crippen molar-refractivity contribution in [3.8, 4) is 5.75 Å². The van der Waals surface area contributed by atoms with E-state index in [2.05, 4.69) is 68.3 Å². The maximum atomic E-state index is 12.4. The molecule has 3 aromatic rings. The van der Waals surface area contributed by atoms with E-state index in [1.54, 1.807) is 11.8 Å². The fourth-order valence-corrected chi connectivity index (χ4v) is 5.05. The summed E-state index contributed by atoms with van der Waals surface area (Å²) in [4.78, 5) is 12.4. The smallest absolute Gasteiger partial charge is 0.365 e. The van der Waals surface area contributed by atoms with E-state index < -0.39 is 0 Å². The predicted octanol–water partition coefficient (Wildman–Crippen LogP) is 7.18. The maximum absolute atomic E-state index is 12.4. The molecule has 0 N–H and O–H groups in total. The Morgan fingerprint density at radius 1 is 0.946 bits per heavy atom. The largest absolute Gasteiger partial charge is 0.489 e. The van der Waals surface area contributed by atoms with E-state index in [1.807, 2.05) is 38.3 Å². The van der Waals surface area contributed by atoms with E-state index in [1.165, 1.54) is 22.9 Å². The third-order valence-electron chi connectivity index (χ3n) is 6.31. The lowest BCUT2D eigenvalue weighted by atomic mass is 10.1. The number of unbranched alkanes of at least 4 members (excludes halogenated alkanes) is 4. The number of aryl methyl sites for hydroxylation is 1. The fraction of sp³-hybridized carbons (Fsp3) is 0.516. The lowest BCUT2D eigenvalue weighted by molar-refractivity contribution is -0.884. The van der Waals surface area contributed by atoms with Gasteiger partial charge < -0.3 is 18.5 Å². The number of ether oxygens (including phenoxy) is 2. The summed E-state index contributed by atoms with van der Waals surface area (Å²) in [7, 11) is 6.15. The first-order valence-electron chi connectivity index (χ1n) is 13.6. The summed E-state index contributed by atoms with van der Waals surface area (Å²) < 4.78 is 14.5. The van der Waals surface area contributed by atoms with E-state index in [0.29, 0.717) is 17.7 Å². The number of carbonyl (C=O) groups is 1. The molecular weight excluding hydrogens is 480 g/mol. The minimum Gasteiger partial charge on any atom is -0.489 e. The molecule has 0 bridgehead atoms. The molecule has 1 atom stereocenters. The van der Waals surface area contributed by atoms with Crippen LogP contribution in [0.15, 0.2) is 60.8 Å². The van der Waals surface area contributed by atoms with Crippen molar-refractivity contribution >= 4 is 28.6 Å². The van der Waals surface area contributed by atoms with Crippen molar-refractivity contribution in [3.63, 3.8) is 0 Å². The van der Waals surface area contributed by atoms with Gasteiger partial charge in [-0.05, 0) is 48.9 Å². The van der Waals surface area contributed by atoms with Crippen molar-refractivity contribution in [1.29, 1.82) is 0 Å². The molecule has 204 valence electrons. The number of thioether (sulfide) groups is 1. The standard InChI is InChI=1S/C29H41N2O3S.C2H6/c1-31(2,3)28(23-35-4)29(32)33-20-12-7-5-6-11-18-30-19-17-25-21-26(15-16-27(25)30)34-22-24-13-9-8-10-14-24;1-2/h8-10,13-17,19,21,28H,5-7,11-12,18,20,22-23H2,1-4H3;1-2H3/q+1;. The van der Waals surface area contributed by atoms with Gasteiger partial charge in [0.25, 0.3) is 0 Å². The zero-order chi connectivity index (χ0) is 27.1. The second-order valence-electron chi connectivity index (χ2n) is 10.0. The van der Waals surface area contributed by atoms with Gasteiger partial charge in [0.1, 0.15) is 12.4 Å². The molecule has 2 aromatic carbocycles. The zero-order valence-corrected chi connectivity index (χ0v) is 24.6. The second-order valence-corrected chi connectivity index (χ2v) is 10.9. The number of carbonyl (C=O) groups excluding carboxylic acids is 1. The van der Waals surface area contributed by atoms with Crippen LogP contribution < -0.4 is 4.74 Å². The number of aromatic nitrogens is 1. The number of quaternary nitrogens is 1. The molecule has 0 spiro atoms. The minimum absolute atomic E-state index is 0.0695. The number of hydrogen-bond acceptors (Lipinski definition) is 4. The summed E-state index contributed by atoms with van der Waals surface area (Å²) in [6, 6.07) is 18.7. The first-order chi connectivity index (χ1) is 17.9. The quantitative estimate of drug-likeness (QED) is 0.119. The van der Waals surface area contributed by atoms with Gasteiger partial charge in [0.05, 0.1) is 33.5 Å². The van der Waals surface area contributed by atoms with Gasteiger partial charge in [-0.2, -0.15) is 11.8 Å². The van der Waals surface area contributed by atoms with E-state index in [9.17, 15) is 4.79 Å². The van der Waals surface area contributed by atoms with E-state index >= 15 is 0 Å². The van der Waals surface area contributed by atoms with Crippen LogP contribution in [0, 0.1) is 0 Å². The van der Waals surface area contributed by atoms with Crippen molar-refractivity contribution in [1.82, 2.24) is 4.57 Å². The average Bonchev–Trinajstić information content (AvgIpc) is 3.30. The van der Waals surface area contributed by atoms with Gasteiger partial charge in [-0.1, -0.05) is 63.4 Å². The molecule has 5 nitrogen and oxygen atoms in total. The van der Waals surface area contributed by atoms with Gasteiger partial charge in [-0.25, -0.2) is 4.79 Å².